The van der Waals surface area contributed by atoms with Gasteiger partial charge in [0.25, 0.3) is 0 Å². The van der Waals surface area contributed by atoms with Crippen LogP contribution in [0.1, 0.15) is 36.6 Å². The van der Waals surface area contributed by atoms with E-state index in [1.54, 1.807) is 0 Å². The zero-order valence-corrected chi connectivity index (χ0v) is 8.21. The molecule has 13 heavy (non-hydrogen) atoms. The van der Waals surface area contributed by atoms with Gasteiger partial charge in [0.1, 0.15) is 0 Å². The van der Waals surface area contributed by atoms with E-state index in [0.717, 1.165) is 19.6 Å². The maximum absolute atomic E-state index is 5.40. The number of ether oxygens (including phenoxy) is 1. The van der Waals surface area contributed by atoms with Gasteiger partial charge in [-0.15, -0.1) is 0 Å². The van der Waals surface area contributed by atoms with Gasteiger partial charge in [0.05, 0.1) is 13.2 Å². The first kappa shape index (κ1) is 8.70. The highest BCUT2D eigenvalue weighted by molar-refractivity contribution is 5.28. The largest absolute Gasteiger partial charge is 0.376 e. The second-order valence-electron chi connectivity index (χ2n) is 3.84. The summed E-state index contributed by atoms with van der Waals surface area (Å²) in [6.07, 6.45) is 3.02. The molecule has 0 N–H and O–H groups in total. The number of rotatable bonds is 1. The zero-order valence-electron chi connectivity index (χ0n) is 8.21. The number of pyridine rings is 1. The Balaban J connectivity index is 2.35. The molecule has 2 rings (SSSR count). The first-order valence-corrected chi connectivity index (χ1v) is 4.83. The molecule has 0 aromatic carbocycles. The molecule has 2 heteroatoms. The third-order valence-corrected chi connectivity index (χ3v) is 2.47. The summed E-state index contributed by atoms with van der Waals surface area (Å²) < 4.78 is 5.40. The van der Waals surface area contributed by atoms with Crippen molar-refractivity contribution in [2.75, 3.05) is 6.61 Å². The summed E-state index contributed by atoms with van der Waals surface area (Å²) in [7, 11) is 0. The van der Waals surface area contributed by atoms with Crippen molar-refractivity contribution in [3.05, 3.63) is 29.1 Å². The van der Waals surface area contributed by atoms with E-state index in [-0.39, 0.29) is 0 Å². The van der Waals surface area contributed by atoms with Crippen LogP contribution in [0.25, 0.3) is 0 Å². The van der Waals surface area contributed by atoms with Crippen LogP contribution in [0.5, 0.6) is 0 Å². The minimum Gasteiger partial charge on any atom is -0.376 e. The fourth-order valence-corrected chi connectivity index (χ4v) is 1.58. The smallest absolute Gasteiger partial charge is 0.0720 e. The van der Waals surface area contributed by atoms with E-state index in [2.05, 4.69) is 24.9 Å². The van der Waals surface area contributed by atoms with Gasteiger partial charge >= 0.3 is 0 Å². The molecule has 0 atom stereocenters. The second kappa shape index (κ2) is 3.46. The fourth-order valence-electron chi connectivity index (χ4n) is 1.58. The van der Waals surface area contributed by atoms with E-state index in [1.807, 2.05) is 6.20 Å². The summed E-state index contributed by atoms with van der Waals surface area (Å²) in [5.41, 5.74) is 3.85. The van der Waals surface area contributed by atoms with Crippen LogP contribution in [0.15, 0.2) is 12.3 Å². The lowest BCUT2D eigenvalue weighted by Gasteiger charge is -2.17. The monoisotopic (exact) mass is 177 g/mol. The van der Waals surface area contributed by atoms with E-state index in [9.17, 15) is 0 Å². The second-order valence-corrected chi connectivity index (χ2v) is 3.84. The topological polar surface area (TPSA) is 22.1 Å². The molecular weight excluding hydrogens is 162 g/mol. The molecule has 0 amide bonds. The van der Waals surface area contributed by atoms with Gasteiger partial charge in [0.15, 0.2) is 0 Å². The normalized spacial score (nSPS) is 15.9. The summed E-state index contributed by atoms with van der Waals surface area (Å²) >= 11 is 0. The van der Waals surface area contributed by atoms with Crippen molar-refractivity contribution in [2.45, 2.75) is 32.8 Å². The summed E-state index contributed by atoms with van der Waals surface area (Å²) in [6, 6.07) is 2.18. The molecule has 0 saturated heterocycles. The highest BCUT2D eigenvalue weighted by Crippen LogP contribution is 2.20. The van der Waals surface area contributed by atoms with Gasteiger partial charge in [0, 0.05) is 11.9 Å². The summed E-state index contributed by atoms with van der Waals surface area (Å²) in [4.78, 5) is 4.44. The van der Waals surface area contributed by atoms with Gasteiger partial charge in [-0.3, -0.25) is 4.98 Å². The van der Waals surface area contributed by atoms with Gasteiger partial charge in [0.2, 0.25) is 0 Å². The van der Waals surface area contributed by atoms with Crippen molar-refractivity contribution >= 4 is 0 Å². The van der Waals surface area contributed by atoms with E-state index >= 15 is 0 Å². The van der Waals surface area contributed by atoms with Gasteiger partial charge in [-0.2, -0.15) is 0 Å². The first-order chi connectivity index (χ1) is 6.27. The van der Waals surface area contributed by atoms with Gasteiger partial charge in [-0.1, -0.05) is 13.8 Å². The highest BCUT2D eigenvalue weighted by atomic mass is 16.5. The van der Waals surface area contributed by atoms with Crippen LogP contribution in [-0.4, -0.2) is 11.6 Å². The average molecular weight is 177 g/mol. The number of nitrogens with zero attached hydrogens (tertiary/aromatic N) is 1. The summed E-state index contributed by atoms with van der Waals surface area (Å²) in [5.74, 6) is 0.507. The predicted molar refractivity (Wildman–Crippen MR) is 51.7 cm³/mol. The Bertz CT molecular complexity index is 307. The molecular formula is C11H15NO. The first-order valence-electron chi connectivity index (χ1n) is 4.83. The molecule has 2 heterocycles. The Morgan fingerprint density at radius 3 is 3.00 bits per heavy atom. The molecule has 1 aromatic rings. The minimum absolute atomic E-state index is 0.507. The lowest BCUT2D eigenvalue weighted by atomic mass is 10.0. The molecule has 0 spiro atoms. The van der Waals surface area contributed by atoms with Crippen LogP contribution in [-0.2, 0) is 17.8 Å². The number of hydrogen-bond donors (Lipinski definition) is 0. The average Bonchev–Trinajstić information content (AvgIpc) is 2.17. The van der Waals surface area contributed by atoms with Crippen LogP contribution in [0, 0.1) is 0 Å². The summed E-state index contributed by atoms with van der Waals surface area (Å²) in [5, 5.41) is 0. The van der Waals surface area contributed by atoms with Gasteiger partial charge in [-0.25, -0.2) is 0 Å². The molecule has 1 aliphatic heterocycles. The zero-order chi connectivity index (χ0) is 9.26. The molecule has 0 bridgehead atoms. The van der Waals surface area contributed by atoms with Crippen LogP contribution in [0.4, 0.5) is 0 Å². The number of aromatic nitrogens is 1. The third-order valence-electron chi connectivity index (χ3n) is 2.47. The molecule has 1 aliphatic rings. The van der Waals surface area contributed by atoms with E-state index < -0.39 is 0 Å². The Hall–Kier alpha value is -0.890. The van der Waals surface area contributed by atoms with Crippen LogP contribution >= 0.6 is 0 Å². The SMILES string of the molecule is CC(C)c1cc2c(cn1)CCOC2. The van der Waals surface area contributed by atoms with Crippen molar-refractivity contribution in [3.8, 4) is 0 Å². The quantitative estimate of drug-likeness (QED) is 0.656. The lowest BCUT2D eigenvalue weighted by Crippen LogP contribution is -2.11. The highest BCUT2D eigenvalue weighted by Gasteiger charge is 2.11. The van der Waals surface area contributed by atoms with Crippen molar-refractivity contribution in [2.24, 2.45) is 0 Å². The summed E-state index contributed by atoms with van der Waals surface area (Å²) in [6.45, 7) is 5.93. The fraction of sp³-hybridized carbons (Fsp3) is 0.545. The standard InChI is InChI=1S/C11H15NO/c1-8(2)11-5-10-7-13-4-3-9(10)6-12-11/h5-6,8H,3-4,7H2,1-2H3. The molecule has 0 aliphatic carbocycles. The molecule has 1 aromatic heterocycles. The lowest BCUT2D eigenvalue weighted by molar-refractivity contribution is 0.110. The maximum Gasteiger partial charge on any atom is 0.0720 e. The van der Waals surface area contributed by atoms with Crippen molar-refractivity contribution in [1.82, 2.24) is 4.98 Å². The van der Waals surface area contributed by atoms with Crippen LogP contribution in [0.3, 0.4) is 0 Å². The van der Waals surface area contributed by atoms with E-state index in [4.69, 9.17) is 4.74 Å². The van der Waals surface area contributed by atoms with Gasteiger partial charge < -0.3 is 4.74 Å². The Kier molecular flexibility index (Phi) is 2.32. The molecule has 70 valence electrons. The molecule has 0 unspecified atom stereocenters. The molecule has 0 fully saturated rings. The van der Waals surface area contributed by atoms with Crippen LogP contribution < -0.4 is 0 Å². The number of fused-ring (bicyclic) bond motifs is 1. The van der Waals surface area contributed by atoms with Crippen molar-refractivity contribution in [1.29, 1.82) is 0 Å². The Morgan fingerprint density at radius 1 is 1.38 bits per heavy atom. The van der Waals surface area contributed by atoms with Crippen molar-refractivity contribution < 1.29 is 4.74 Å². The van der Waals surface area contributed by atoms with E-state index in [1.165, 1.54) is 16.8 Å². The molecule has 0 radical (unpaired) electrons. The van der Waals surface area contributed by atoms with E-state index in [0.29, 0.717) is 5.92 Å². The number of hydrogen-bond acceptors (Lipinski definition) is 2. The maximum atomic E-state index is 5.40. The Morgan fingerprint density at radius 2 is 2.23 bits per heavy atom. The minimum atomic E-state index is 0.507. The molecule has 0 saturated carbocycles. The van der Waals surface area contributed by atoms with Crippen molar-refractivity contribution in [3.63, 3.8) is 0 Å². The Labute approximate surface area is 78.9 Å². The van der Waals surface area contributed by atoms with Crippen LogP contribution in [0.2, 0.25) is 0 Å². The molecule has 2 nitrogen and oxygen atoms in total. The predicted octanol–water partition coefficient (Wildman–Crippen LogP) is 2.28. The van der Waals surface area contributed by atoms with Gasteiger partial charge in [-0.05, 0) is 29.5 Å². The third kappa shape index (κ3) is 1.73.